The van der Waals surface area contributed by atoms with Crippen molar-refractivity contribution in [3.05, 3.63) is 41.8 Å². The fourth-order valence-electron chi connectivity index (χ4n) is 1.66. The molecule has 1 fully saturated rings. The smallest absolute Gasteiger partial charge is 0.232 e. The number of hydrogen-bond acceptors (Lipinski definition) is 5. The Bertz CT molecular complexity index is 542. The van der Waals surface area contributed by atoms with E-state index in [1.54, 1.807) is 12.1 Å². The van der Waals surface area contributed by atoms with Crippen molar-refractivity contribution in [1.82, 2.24) is 15.5 Å². The predicted octanol–water partition coefficient (Wildman–Crippen LogP) is 2.19. The first-order chi connectivity index (χ1) is 8.83. The van der Waals surface area contributed by atoms with Gasteiger partial charge in [0.1, 0.15) is 5.82 Å². The molecule has 0 radical (unpaired) electrons. The Morgan fingerprint density at radius 1 is 1.39 bits per heavy atom. The monoisotopic (exact) mass is 265 g/mol. The molecule has 0 spiro atoms. The van der Waals surface area contributed by atoms with Gasteiger partial charge in [-0.1, -0.05) is 17.3 Å². The van der Waals surface area contributed by atoms with Crippen LogP contribution < -0.4 is 5.32 Å². The molecule has 6 heteroatoms. The van der Waals surface area contributed by atoms with Crippen molar-refractivity contribution >= 4 is 11.8 Å². The zero-order valence-corrected chi connectivity index (χ0v) is 10.4. The summed E-state index contributed by atoms with van der Waals surface area (Å²) < 4.78 is 18.6. The minimum atomic E-state index is -0.214. The van der Waals surface area contributed by atoms with Gasteiger partial charge in [0.15, 0.2) is 5.82 Å². The zero-order valence-electron chi connectivity index (χ0n) is 9.60. The molecule has 1 aliphatic heterocycles. The minimum Gasteiger partial charge on any atom is -0.339 e. The first kappa shape index (κ1) is 11.7. The molecule has 4 nitrogen and oxygen atoms in total. The number of hydrogen-bond donors (Lipinski definition) is 1. The molecular formula is C12H12FN3OS. The summed E-state index contributed by atoms with van der Waals surface area (Å²) in [6, 6.07) is 6.68. The van der Waals surface area contributed by atoms with Crippen LogP contribution in [0.2, 0.25) is 0 Å². The van der Waals surface area contributed by atoms with Crippen molar-refractivity contribution in [2.24, 2.45) is 0 Å². The molecule has 0 unspecified atom stereocenters. The van der Waals surface area contributed by atoms with Crippen LogP contribution >= 0.6 is 11.8 Å². The van der Waals surface area contributed by atoms with Gasteiger partial charge in [0.2, 0.25) is 5.89 Å². The molecule has 1 aliphatic rings. The number of halogens is 1. The number of thioether (sulfide) groups is 1. The van der Waals surface area contributed by atoms with Crippen molar-refractivity contribution in [2.75, 3.05) is 13.1 Å². The summed E-state index contributed by atoms with van der Waals surface area (Å²) in [5.41, 5.74) is 0. The average Bonchev–Trinajstić information content (AvgIpc) is 2.74. The van der Waals surface area contributed by atoms with E-state index in [1.807, 2.05) is 6.07 Å². The van der Waals surface area contributed by atoms with Crippen LogP contribution in [0.5, 0.6) is 0 Å². The van der Waals surface area contributed by atoms with Crippen molar-refractivity contribution in [3.8, 4) is 0 Å². The molecule has 94 valence electrons. The number of nitrogens with zero attached hydrogens (tertiary/aromatic N) is 2. The summed E-state index contributed by atoms with van der Waals surface area (Å²) in [7, 11) is 0. The molecule has 1 N–H and O–H groups in total. The van der Waals surface area contributed by atoms with Gasteiger partial charge in [-0.05, 0) is 12.1 Å². The van der Waals surface area contributed by atoms with Crippen LogP contribution in [0.15, 0.2) is 33.7 Å². The van der Waals surface area contributed by atoms with E-state index < -0.39 is 0 Å². The molecule has 1 aromatic carbocycles. The van der Waals surface area contributed by atoms with Gasteiger partial charge in [0.05, 0.1) is 11.7 Å². The number of nitrogens with one attached hydrogen (secondary N) is 1. The van der Waals surface area contributed by atoms with E-state index in [9.17, 15) is 4.39 Å². The SMILES string of the molecule is Fc1ccccc1SCc1noc(C2CNC2)n1. The molecular weight excluding hydrogens is 253 g/mol. The van der Waals surface area contributed by atoms with Gasteiger partial charge in [0.25, 0.3) is 0 Å². The van der Waals surface area contributed by atoms with E-state index in [2.05, 4.69) is 15.5 Å². The molecule has 0 amide bonds. The quantitative estimate of drug-likeness (QED) is 0.859. The summed E-state index contributed by atoms with van der Waals surface area (Å²) in [5, 5.41) is 7.06. The second kappa shape index (κ2) is 5.07. The summed E-state index contributed by atoms with van der Waals surface area (Å²) in [4.78, 5) is 4.92. The number of aromatic nitrogens is 2. The molecule has 1 saturated heterocycles. The Balaban J connectivity index is 1.63. The molecule has 18 heavy (non-hydrogen) atoms. The van der Waals surface area contributed by atoms with Crippen LogP contribution in [0.1, 0.15) is 17.6 Å². The number of rotatable bonds is 4. The minimum absolute atomic E-state index is 0.214. The Morgan fingerprint density at radius 3 is 2.94 bits per heavy atom. The van der Waals surface area contributed by atoms with Gasteiger partial charge in [-0.3, -0.25) is 0 Å². The Kier molecular flexibility index (Phi) is 3.29. The zero-order chi connectivity index (χ0) is 12.4. The van der Waals surface area contributed by atoms with Crippen molar-refractivity contribution in [3.63, 3.8) is 0 Å². The number of benzene rings is 1. The van der Waals surface area contributed by atoms with Crippen LogP contribution in [0, 0.1) is 5.82 Å². The molecule has 0 saturated carbocycles. The molecule has 0 atom stereocenters. The highest BCUT2D eigenvalue weighted by Gasteiger charge is 2.24. The maximum atomic E-state index is 13.4. The molecule has 0 bridgehead atoms. The van der Waals surface area contributed by atoms with E-state index in [-0.39, 0.29) is 5.82 Å². The Morgan fingerprint density at radius 2 is 2.22 bits per heavy atom. The van der Waals surface area contributed by atoms with E-state index in [1.165, 1.54) is 17.8 Å². The summed E-state index contributed by atoms with van der Waals surface area (Å²) in [6.07, 6.45) is 0. The second-order valence-electron chi connectivity index (χ2n) is 4.12. The summed E-state index contributed by atoms with van der Waals surface area (Å²) >= 11 is 1.38. The highest BCUT2D eigenvalue weighted by molar-refractivity contribution is 7.98. The molecule has 1 aromatic heterocycles. The van der Waals surface area contributed by atoms with Crippen molar-refractivity contribution < 1.29 is 8.91 Å². The van der Waals surface area contributed by atoms with Crippen molar-refractivity contribution in [2.45, 2.75) is 16.6 Å². The highest BCUT2D eigenvalue weighted by atomic mass is 32.2. The van der Waals surface area contributed by atoms with E-state index >= 15 is 0 Å². The molecule has 0 aliphatic carbocycles. The van der Waals surface area contributed by atoms with E-state index in [4.69, 9.17) is 4.52 Å². The van der Waals surface area contributed by atoms with Crippen LogP contribution in [0.25, 0.3) is 0 Å². The van der Waals surface area contributed by atoms with Crippen LogP contribution in [-0.4, -0.2) is 23.2 Å². The third-order valence-electron chi connectivity index (χ3n) is 2.81. The van der Waals surface area contributed by atoms with Crippen LogP contribution in [-0.2, 0) is 5.75 Å². The van der Waals surface area contributed by atoms with Gasteiger partial charge in [-0.2, -0.15) is 4.98 Å². The van der Waals surface area contributed by atoms with Gasteiger partial charge in [-0.25, -0.2) is 4.39 Å². The third-order valence-corrected chi connectivity index (χ3v) is 3.85. The fourth-order valence-corrected chi connectivity index (χ4v) is 2.44. The maximum absolute atomic E-state index is 13.4. The average molecular weight is 265 g/mol. The van der Waals surface area contributed by atoms with Gasteiger partial charge < -0.3 is 9.84 Å². The van der Waals surface area contributed by atoms with Crippen LogP contribution in [0.4, 0.5) is 4.39 Å². The van der Waals surface area contributed by atoms with Crippen LogP contribution in [0.3, 0.4) is 0 Å². The molecule has 2 heterocycles. The highest BCUT2D eigenvalue weighted by Crippen LogP contribution is 2.25. The van der Waals surface area contributed by atoms with Gasteiger partial charge in [-0.15, -0.1) is 11.8 Å². The lowest BCUT2D eigenvalue weighted by Crippen LogP contribution is -2.40. The maximum Gasteiger partial charge on any atom is 0.232 e. The third kappa shape index (κ3) is 2.39. The second-order valence-corrected chi connectivity index (χ2v) is 5.14. The van der Waals surface area contributed by atoms with Crippen molar-refractivity contribution in [1.29, 1.82) is 0 Å². The predicted molar refractivity (Wildman–Crippen MR) is 65.9 cm³/mol. The summed E-state index contributed by atoms with van der Waals surface area (Å²) in [6.45, 7) is 1.78. The van der Waals surface area contributed by atoms with Gasteiger partial charge in [0, 0.05) is 18.0 Å². The molecule has 3 rings (SSSR count). The first-order valence-corrected chi connectivity index (χ1v) is 6.72. The fraction of sp³-hybridized carbons (Fsp3) is 0.333. The first-order valence-electron chi connectivity index (χ1n) is 5.73. The summed E-state index contributed by atoms with van der Waals surface area (Å²) in [5.74, 6) is 1.94. The lowest BCUT2D eigenvalue weighted by molar-refractivity contribution is 0.306. The molecule has 2 aromatic rings. The standard InChI is InChI=1S/C12H12FN3OS/c13-9-3-1-2-4-10(9)18-7-11-15-12(17-16-11)8-5-14-6-8/h1-4,8,14H,5-7H2. The Labute approximate surface area is 108 Å². The lowest BCUT2D eigenvalue weighted by Gasteiger charge is -2.22. The largest absolute Gasteiger partial charge is 0.339 e. The van der Waals surface area contributed by atoms with Gasteiger partial charge >= 0.3 is 0 Å². The van der Waals surface area contributed by atoms with E-state index in [0.717, 1.165) is 13.1 Å². The normalized spacial score (nSPS) is 15.6. The lowest BCUT2D eigenvalue weighted by atomic mass is 10.0. The van der Waals surface area contributed by atoms with E-state index in [0.29, 0.717) is 28.3 Å². The Hall–Kier alpha value is -1.40. The topological polar surface area (TPSA) is 51.0 Å².